The number of nitrogens with zero attached hydrogens (tertiary/aromatic N) is 1. The minimum atomic E-state index is 0.734. The molecule has 1 aliphatic carbocycles. The molecule has 1 aromatic heterocycles. The lowest BCUT2D eigenvalue weighted by atomic mass is 9.97. The maximum atomic E-state index is 4.51. The average Bonchev–Trinajstić information content (AvgIpc) is 3.36. The first-order valence-corrected chi connectivity index (χ1v) is 7.96. The molecule has 4 rings (SSSR count). The van der Waals surface area contributed by atoms with Crippen LogP contribution < -0.4 is 0 Å². The summed E-state index contributed by atoms with van der Waals surface area (Å²) in [5.74, 6) is 1.50. The van der Waals surface area contributed by atoms with Crippen molar-refractivity contribution in [2.45, 2.75) is 18.8 Å². The van der Waals surface area contributed by atoms with Gasteiger partial charge in [0, 0.05) is 11.8 Å². The maximum Gasteiger partial charge on any atom is 0.0704 e. The third-order valence-corrected chi connectivity index (χ3v) is 4.59. The molecule has 1 saturated carbocycles. The van der Waals surface area contributed by atoms with E-state index in [9.17, 15) is 0 Å². The monoisotopic (exact) mass is 285 g/mol. The highest BCUT2D eigenvalue weighted by molar-refractivity contribution is 5.63. The van der Waals surface area contributed by atoms with Crippen molar-refractivity contribution >= 4 is 0 Å². The van der Waals surface area contributed by atoms with Crippen LogP contribution >= 0.6 is 0 Å². The molecule has 22 heavy (non-hydrogen) atoms. The van der Waals surface area contributed by atoms with Crippen LogP contribution in [0.4, 0.5) is 0 Å². The Labute approximate surface area is 131 Å². The van der Waals surface area contributed by atoms with Gasteiger partial charge in [-0.25, -0.2) is 0 Å². The molecule has 0 unspecified atom stereocenters. The predicted molar refractivity (Wildman–Crippen MR) is 90.7 cm³/mol. The van der Waals surface area contributed by atoms with Gasteiger partial charge >= 0.3 is 0 Å². The second kappa shape index (κ2) is 5.76. The van der Waals surface area contributed by atoms with E-state index in [1.807, 2.05) is 12.3 Å². The van der Waals surface area contributed by atoms with Gasteiger partial charge in [-0.05, 0) is 47.9 Å². The zero-order valence-electron chi connectivity index (χ0n) is 12.5. The number of hydrogen-bond donors (Lipinski definition) is 0. The third kappa shape index (κ3) is 2.67. The Morgan fingerprint density at radius 1 is 0.818 bits per heavy atom. The summed E-state index contributed by atoms with van der Waals surface area (Å²) in [6.07, 6.45) is 4.32. The summed E-state index contributed by atoms with van der Waals surface area (Å²) in [7, 11) is 0. The fourth-order valence-corrected chi connectivity index (χ4v) is 3.33. The van der Waals surface area contributed by atoms with Gasteiger partial charge in [0.05, 0.1) is 5.69 Å². The summed E-state index contributed by atoms with van der Waals surface area (Å²) < 4.78 is 0. The zero-order chi connectivity index (χ0) is 14.8. The Balaban J connectivity index is 1.56. The van der Waals surface area contributed by atoms with E-state index >= 15 is 0 Å². The number of hydrogen-bond acceptors (Lipinski definition) is 1. The highest BCUT2D eigenvalue weighted by Crippen LogP contribution is 2.49. The zero-order valence-corrected chi connectivity index (χ0v) is 12.5. The molecule has 0 amide bonds. The van der Waals surface area contributed by atoms with Gasteiger partial charge < -0.3 is 0 Å². The second-order valence-electron chi connectivity index (χ2n) is 6.09. The SMILES string of the molecule is c1ccc([C@H]2C[C@H]2Cc2ccccc2-c2ccccn2)cc1. The third-order valence-electron chi connectivity index (χ3n) is 4.59. The van der Waals surface area contributed by atoms with Gasteiger partial charge in [0.2, 0.25) is 0 Å². The first-order chi connectivity index (χ1) is 10.9. The highest BCUT2D eigenvalue weighted by Gasteiger charge is 2.38. The smallest absolute Gasteiger partial charge is 0.0704 e. The van der Waals surface area contributed by atoms with Gasteiger partial charge in [-0.3, -0.25) is 4.98 Å². The molecule has 0 radical (unpaired) electrons. The van der Waals surface area contributed by atoms with Crippen LogP contribution in [-0.4, -0.2) is 4.98 Å². The van der Waals surface area contributed by atoms with Crippen molar-refractivity contribution in [3.8, 4) is 11.3 Å². The van der Waals surface area contributed by atoms with Crippen LogP contribution in [-0.2, 0) is 6.42 Å². The maximum absolute atomic E-state index is 4.51. The molecular weight excluding hydrogens is 266 g/mol. The first kappa shape index (κ1) is 13.3. The Morgan fingerprint density at radius 2 is 1.59 bits per heavy atom. The lowest BCUT2D eigenvalue weighted by molar-refractivity contribution is 0.796. The molecule has 0 bridgehead atoms. The van der Waals surface area contributed by atoms with Crippen molar-refractivity contribution in [1.29, 1.82) is 0 Å². The standard InChI is InChI=1S/C21H19N/c1-2-8-16(9-3-1)20-15-18(20)14-17-10-4-5-11-19(17)21-12-6-7-13-22-21/h1-13,18,20H,14-15H2/t18-,20-/m1/s1. The molecule has 0 spiro atoms. The molecular formula is C21H19N. The van der Waals surface area contributed by atoms with Gasteiger partial charge in [0.25, 0.3) is 0 Å². The Hall–Kier alpha value is -2.41. The van der Waals surface area contributed by atoms with Gasteiger partial charge in [-0.2, -0.15) is 0 Å². The molecule has 0 aliphatic heterocycles. The molecule has 108 valence electrons. The number of benzene rings is 2. The van der Waals surface area contributed by atoms with Crippen molar-refractivity contribution in [3.05, 3.63) is 90.1 Å². The number of pyridine rings is 1. The van der Waals surface area contributed by atoms with Crippen LogP contribution in [0.5, 0.6) is 0 Å². The highest BCUT2D eigenvalue weighted by atomic mass is 14.7. The number of rotatable bonds is 4. The van der Waals surface area contributed by atoms with Crippen LogP contribution in [0.3, 0.4) is 0 Å². The van der Waals surface area contributed by atoms with Crippen molar-refractivity contribution in [3.63, 3.8) is 0 Å². The van der Waals surface area contributed by atoms with E-state index in [-0.39, 0.29) is 0 Å². The van der Waals surface area contributed by atoms with E-state index in [1.165, 1.54) is 23.1 Å². The normalized spacial score (nSPS) is 19.8. The molecule has 1 aliphatic rings. The topological polar surface area (TPSA) is 12.9 Å². The Bertz CT molecular complexity index is 749. The summed E-state index contributed by atoms with van der Waals surface area (Å²) in [5, 5.41) is 0. The fraction of sp³-hybridized carbons (Fsp3) is 0.190. The molecule has 2 atom stereocenters. The van der Waals surface area contributed by atoms with E-state index in [4.69, 9.17) is 0 Å². The molecule has 1 heterocycles. The lowest BCUT2D eigenvalue weighted by Gasteiger charge is -2.09. The Kier molecular flexibility index (Phi) is 3.48. The molecule has 1 heteroatoms. The molecule has 0 N–H and O–H groups in total. The van der Waals surface area contributed by atoms with E-state index in [2.05, 4.69) is 71.7 Å². The summed E-state index contributed by atoms with van der Waals surface area (Å²) in [4.78, 5) is 4.51. The minimum Gasteiger partial charge on any atom is -0.256 e. The van der Waals surface area contributed by atoms with Crippen molar-refractivity contribution in [2.75, 3.05) is 0 Å². The van der Waals surface area contributed by atoms with Crippen LogP contribution in [0.1, 0.15) is 23.5 Å². The van der Waals surface area contributed by atoms with E-state index in [0.29, 0.717) is 0 Å². The van der Waals surface area contributed by atoms with Gasteiger partial charge in [0.1, 0.15) is 0 Å². The van der Waals surface area contributed by atoms with Crippen LogP contribution in [0.25, 0.3) is 11.3 Å². The van der Waals surface area contributed by atoms with Crippen molar-refractivity contribution < 1.29 is 0 Å². The fourth-order valence-electron chi connectivity index (χ4n) is 3.33. The molecule has 3 aromatic rings. The summed E-state index contributed by atoms with van der Waals surface area (Å²) in [5.41, 5.74) is 5.27. The lowest BCUT2D eigenvalue weighted by Crippen LogP contribution is -1.94. The van der Waals surface area contributed by atoms with Crippen molar-refractivity contribution in [2.24, 2.45) is 5.92 Å². The van der Waals surface area contributed by atoms with E-state index in [1.54, 1.807) is 0 Å². The quantitative estimate of drug-likeness (QED) is 0.650. The second-order valence-corrected chi connectivity index (χ2v) is 6.09. The van der Waals surface area contributed by atoms with Crippen LogP contribution in [0.2, 0.25) is 0 Å². The average molecular weight is 285 g/mol. The number of aromatic nitrogens is 1. The molecule has 1 fully saturated rings. The molecule has 0 saturated heterocycles. The summed E-state index contributed by atoms with van der Waals surface area (Å²) >= 11 is 0. The van der Waals surface area contributed by atoms with E-state index < -0.39 is 0 Å². The molecule has 2 aromatic carbocycles. The molecule has 1 nitrogen and oxygen atoms in total. The minimum absolute atomic E-state index is 0.734. The Morgan fingerprint density at radius 3 is 2.41 bits per heavy atom. The van der Waals surface area contributed by atoms with Crippen molar-refractivity contribution in [1.82, 2.24) is 4.98 Å². The van der Waals surface area contributed by atoms with Gasteiger partial charge in [-0.15, -0.1) is 0 Å². The van der Waals surface area contributed by atoms with Gasteiger partial charge in [-0.1, -0.05) is 60.7 Å². The summed E-state index contributed by atoms with van der Waals surface area (Å²) in [6, 6.07) is 25.7. The van der Waals surface area contributed by atoms with Crippen LogP contribution in [0, 0.1) is 5.92 Å². The predicted octanol–water partition coefficient (Wildman–Crippen LogP) is 5.09. The first-order valence-electron chi connectivity index (χ1n) is 7.96. The largest absolute Gasteiger partial charge is 0.256 e. The summed E-state index contributed by atoms with van der Waals surface area (Å²) in [6.45, 7) is 0. The van der Waals surface area contributed by atoms with Gasteiger partial charge in [0.15, 0.2) is 0 Å². The van der Waals surface area contributed by atoms with Crippen LogP contribution in [0.15, 0.2) is 79.0 Å². The van der Waals surface area contributed by atoms with E-state index in [0.717, 1.165) is 24.0 Å².